The summed E-state index contributed by atoms with van der Waals surface area (Å²) in [5.41, 5.74) is 2.08. The average Bonchev–Trinajstić information content (AvgIpc) is 3.02. The summed E-state index contributed by atoms with van der Waals surface area (Å²) in [6.45, 7) is 0. The van der Waals surface area contributed by atoms with E-state index in [0.717, 1.165) is 25.0 Å². The molecule has 1 atom stereocenters. The van der Waals surface area contributed by atoms with Crippen molar-refractivity contribution < 1.29 is 9.90 Å². The second kappa shape index (κ2) is 7.03. The van der Waals surface area contributed by atoms with Gasteiger partial charge in [-0.15, -0.1) is 0 Å². The Bertz CT molecular complexity index is 594. The van der Waals surface area contributed by atoms with Gasteiger partial charge in [-0.1, -0.05) is 6.07 Å². The van der Waals surface area contributed by atoms with Gasteiger partial charge in [-0.3, -0.25) is 9.78 Å². The van der Waals surface area contributed by atoms with Gasteiger partial charge in [-0.25, -0.2) is 0 Å². The molecule has 4 nitrogen and oxygen atoms in total. The standard InChI is InChI=1S/C17H20N2O2S/c20-14-9-13(10-14)17(15-3-1-2-7-18-15)19-16(21)5-4-12-6-8-22-11-12/h1-3,6-8,11,13-14,17,20H,4-5,9-10H2,(H,19,21)/t13?,14?,17-/m0/s1. The molecule has 1 fully saturated rings. The van der Waals surface area contributed by atoms with Crippen molar-refractivity contribution in [2.45, 2.75) is 37.8 Å². The number of aliphatic hydroxyl groups is 1. The van der Waals surface area contributed by atoms with E-state index in [0.29, 0.717) is 6.42 Å². The van der Waals surface area contributed by atoms with Crippen LogP contribution in [0, 0.1) is 5.92 Å². The molecule has 0 aromatic carbocycles. The second-order valence-electron chi connectivity index (χ2n) is 5.82. The first-order valence-electron chi connectivity index (χ1n) is 7.62. The van der Waals surface area contributed by atoms with Crippen LogP contribution in [0.5, 0.6) is 0 Å². The number of nitrogens with zero attached hydrogens (tertiary/aromatic N) is 1. The first-order chi connectivity index (χ1) is 10.7. The zero-order valence-electron chi connectivity index (χ0n) is 12.3. The van der Waals surface area contributed by atoms with Crippen LogP contribution in [0.25, 0.3) is 0 Å². The van der Waals surface area contributed by atoms with Gasteiger partial charge in [-0.2, -0.15) is 11.3 Å². The molecule has 1 aliphatic rings. The quantitative estimate of drug-likeness (QED) is 0.861. The number of nitrogens with one attached hydrogen (secondary N) is 1. The summed E-state index contributed by atoms with van der Waals surface area (Å²) in [4.78, 5) is 16.6. The van der Waals surface area contributed by atoms with Crippen molar-refractivity contribution in [2.24, 2.45) is 5.92 Å². The molecule has 2 N–H and O–H groups in total. The highest BCUT2D eigenvalue weighted by Crippen LogP contribution is 2.37. The highest BCUT2D eigenvalue weighted by molar-refractivity contribution is 7.07. The Hall–Kier alpha value is -1.72. The van der Waals surface area contributed by atoms with E-state index in [1.165, 1.54) is 5.56 Å². The number of carbonyl (C=O) groups excluding carboxylic acids is 1. The Morgan fingerprint density at radius 2 is 2.27 bits per heavy atom. The molecule has 2 heterocycles. The highest BCUT2D eigenvalue weighted by atomic mass is 32.1. The third-order valence-electron chi connectivity index (χ3n) is 4.16. The van der Waals surface area contributed by atoms with E-state index in [9.17, 15) is 9.90 Å². The molecule has 2 aromatic rings. The Morgan fingerprint density at radius 1 is 1.41 bits per heavy atom. The number of thiophene rings is 1. The van der Waals surface area contributed by atoms with Gasteiger partial charge >= 0.3 is 0 Å². The van der Waals surface area contributed by atoms with Gasteiger partial charge in [0.05, 0.1) is 17.8 Å². The zero-order valence-corrected chi connectivity index (χ0v) is 13.1. The number of aryl methyl sites for hydroxylation is 1. The highest BCUT2D eigenvalue weighted by Gasteiger charge is 2.36. The van der Waals surface area contributed by atoms with Crippen molar-refractivity contribution in [1.29, 1.82) is 0 Å². The molecule has 1 aliphatic carbocycles. The number of pyridine rings is 1. The maximum atomic E-state index is 12.2. The molecule has 0 saturated heterocycles. The number of hydrogen-bond donors (Lipinski definition) is 2. The number of carbonyl (C=O) groups is 1. The molecule has 1 saturated carbocycles. The normalized spacial score (nSPS) is 21.9. The minimum Gasteiger partial charge on any atom is -0.393 e. The monoisotopic (exact) mass is 316 g/mol. The summed E-state index contributed by atoms with van der Waals surface area (Å²) in [5.74, 6) is 0.318. The molecule has 1 amide bonds. The first kappa shape index (κ1) is 15.2. The summed E-state index contributed by atoms with van der Waals surface area (Å²) < 4.78 is 0. The van der Waals surface area contributed by atoms with Gasteiger partial charge < -0.3 is 10.4 Å². The Labute approximate surface area is 134 Å². The van der Waals surface area contributed by atoms with Crippen LogP contribution in [-0.2, 0) is 11.2 Å². The molecular weight excluding hydrogens is 296 g/mol. The van der Waals surface area contributed by atoms with Crippen LogP contribution >= 0.6 is 11.3 Å². The van der Waals surface area contributed by atoms with Crippen LogP contribution in [0.4, 0.5) is 0 Å². The SMILES string of the molecule is O=C(CCc1ccsc1)N[C@H](c1ccccn1)C1CC(O)C1. The van der Waals surface area contributed by atoms with Crippen LogP contribution in [0.3, 0.4) is 0 Å². The summed E-state index contributed by atoms with van der Waals surface area (Å²) in [6.07, 6.45) is 4.21. The minimum atomic E-state index is -0.237. The molecule has 0 bridgehead atoms. The third-order valence-corrected chi connectivity index (χ3v) is 4.90. The maximum absolute atomic E-state index is 12.2. The predicted octanol–water partition coefficient (Wildman–Crippen LogP) is 2.70. The van der Waals surface area contributed by atoms with Gasteiger partial charge in [0.1, 0.15) is 0 Å². The number of hydrogen-bond acceptors (Lipinski definition) is 4. The van der Waals surface area contributed by atoms with Crippen molar-refractivity contribution in [3.05, 3.63) is 52.5 Å². The van der Waals surface area contributed by atoms with Crippen molar-refractivity contribution in [2.75, 3.05) is 0 Å². The molecule has 116 valence electrons. The molecule has 0 aliphatic heterocycles. The summed E-state index contributed by atoms with van der Waals surface area (Å²) in [7, 11) is 0. The van der Waals surface area contributed by atoms with Crippen LogP contribution in [-0.4, -0.2) is 22.1 Å². The van der Waals surface area contributed by atoms with Gasteiger partial charge in [0.25, 0.3) is 0 Å². The Morgan fingerprint density at radius 3 is 2.91 bits per heavy atom. The van der Waals surface area contributed by atoms with Crippen LogP contribution < -0.4 is 5.32 Å². The van der Waals surface area contributed by atoms with Gasteiger partial charge in [-0.05, 0) is 59.7 Å². The zero-order chi connectivity index (χ0) is 15.4. The lowest BCUT2D eigenvalue weighted by Gasteiger charge is -2.37. The molecule has 0 radical (unpaired) electrons. The minimum absolute atomic E-state index is 0.0447. The smallest absolute Gasteiger partial charge is 0.220 e. The summed E-state index contributed by atoms with van der Waals surface area (Å²) in [6, 6.07) is 7.70. The van der Waals surface area contributed by atoms with Crippen LogP contribution in [0.2, 0.25) is 0 Å². The molecule has 0 unspecified atom stereocenters. The Balaban J connectivity index is 1.61. The molecule has 22 heavy (non-hydrogen) atoms. The first-order valence-corrected chi connectivity index (χ1v) is 8.56. The number of aliphatic hydroxyl groups excluding tert-OH is 1. The van der Waals surface area contributed by atoms with Crippen molar-refractivity contribution >= 4 is 17.2 Å². The van der Waals surface area contributed by atoms with E-state index >= 15 is 0 Å². The van der Waals surface area contributed by atoms with Crippen LogP contribution in [0.15, 0.2) is 41.2 Å². The van der Waals surface area contributed by atoms with E-state index in [4.69, 9.17) is 0 Å². The fraction of sp³-hybridized carbons (Fsp3) is 0.412. The number of aromatic nitrogens is 1. The van der Waals surface area contributed by atoms with E-state index in [1.54, 1.807) is 17.5 Å². The number of rotatable bonds is 6. The molecular formula is C17H20N2O2S. The van der Waals surface area contributed by atoms with Gasteiger partial charge in [0, 0.05) is 12.6 Å². The van der Waals surface area contributed by atoms with Crippen molar-refractivity contribution in [3.8, 4) is 0 Å². The largest absolute Gasteiger partial charge is 0.393 e. The molecule has 3 rings (SSSR count). The summed E-state index contributed by atoms with van der Waals surface area (Å²) in [5, 5.41) is 16.8. The molecule has 0 spiro atoms. The number of amides is 1. The lowest BCUT2D eigenvalue weighted by Crippen LogP contribution is -2.41. The predicted molar refractivity (Wildman–Crippen MR) is 86.5 cm³/mol. The average molecular weight is 316 g/mol. The van der Waals surface area contributed by atoms with E-state index < -0.39 is 0 Å². The van der Waals surface area contributed by atoms with Gasteiger partial charge in [0.15, 0.2) is 0 Å². The van der Waals surface area contributed by atoms with E-state index in [2.05, 4.69) is 21.7 Å². The lowest BCUT2D eigenvalue weighted by atomic mass is 9.76. The van der Waals surface area contributed by atoms with E-state index in [-0.39, 0.29) is 24.0 Å². The fourth-order valence-electron chi connectivity index (χ4n) is 2.83. The summed E-state index contributed by atoms with van der Waals surface area (Å²) >= 11 is 1.65. The van der Waals surface area contributed by atoms with Crippen molar-refractivity contribution in [3.63, 3.8) is 0 Å². The fourth-order valence-corrected chi connectivity index (χ4v) is 3.54. The topological polar surface area (TPSA) is 62.2 Å². The Kier molecular flexibility index (Phi) is 4.85. The third kappa shape index (κ3) is 3.72. The lowest BCUT2D eigenvalue weighted by molar-refractivity contribution is -0.123. The second-order valence-corrected chi connectivity index (χ2v) is 6.60. The molecule has 5 heteroatoms. The van der Waals surface area contributed by atoms with Crippen molar-refractivity contribution in [1.82, 2.24) is 10.3 Å². The van der Waals surface area contributed by atoms with Crippen LogP contribution in [0.1, 0.15) is 36.6 Å². The maximum Gasteiger partial charge on any atom is 0.220 e. The van der Waals surface area contributed by atoms with E-state index in [1.807, 2.05) is 23.6 Å². The molecule has 2 aromatic heterocycles. The van der Waals surface area contributed by atoms with Gasteiger partial charge in [0.2, 0.25) is 5.91 Å².